The van der Waals surface area contributed by atoms with Gasteiger partial charge >= 0.3 is 0 Å². The topological polar surface area (TPSA) is 9.23 Å². The molecule has 0 atom stereocenters. The molecule has 1 rings (SSSR count). The smallest absolute Gasteiger partial charge is 0.119 e. The second-order valence-electron chi connectivity index (χ2n) is 3.99. The average molecular weight is 204 g/mol. The predicted octanol–water partition coefficient (Wildman–Crippen LogP) is 4.29. The number of benzene rings is 1. The van der Waals surface area contributed by atoms with E-state index in [1.54, 1.807) is 0 Å². The van der Waals surface area contributed by atoms with E-state index < -0.39 is 0 Å². The van der Waals surface area contributed by atoms with Gasteiger partial charge in [-0.2, -0.15) is 0 Å². The molecule has 0 aliphatic rings. The summed E-state index contributed by atoms with van der Waals surface area (Å²) in [5, 5.41) is 0. The van der Waals surface area contributed by atoms with Crippen molar-refractivity contribution in [3.05, 3.63) is 35.9 Å². The first kappa shape index (κ1) is 11.8. The molecule has 0 unspecified atom stereocenters. The normalized spacial score (nSPS) is 11.9. The fourth-order valence-corrected chi connectivity index (χ4v) is 1.49. The number of rotatable bonds is 4. The zero-order valence-corrected chi connectivity index (χ0v) is 10.1. The van der Waals surface area contributed by atoms with Crippen LogP contribution < -0.4 is 4.74 Å². The minimum atomic E-state index is 0.239. The summed E-state index contributed by atoms with van der Waals surface area (Å²) in [5.74, 6) is 0.943. The summed E-state index contributed by atoms with van der Waals surface area (Å²) in [6.45, 7) is 8.37. The van der Waals surface area contributed by atoms with Gasteiger partial charge in [0.15, 0.2) is 0 Å². The molecular weight excluding hydrogens is 184 g/mol. The van der Waals surface area contributed by atoms with Gasteiger partial charge in [-0.3, -0.25) is 0 Å². The zero-order valence-electron chi connectivity index (χ0n) is 10.1. The van der Waals surface area contributed by atoms with Crippen LogP contribution in [0.15, 0.2) is 30.3 Å². The maximum atomic E-state index is 5.59. The molecule has 0 saturated heterocycles. The lowest BCUT2D eigenvalue weighted by atomic mass is 10.1. The molecule has 82 valence electrons. The molecule has 0 saturated carbocycles. The lowest BCUT2D eigenvalue weighted by Gasteiger charge is -2.10. The van der Waals surface area contributed by atoms with Gasteiger partial charge in [0.05, 0.1) is 6.10 Å². The van der Waals surface area contributed by atoms with Crippen LogP contribution in [0.5, 0.6) is 5.75 Å². The van der Waals surface area contributed by atoms with E-state index in [1.165, 1.54) is 11.1 Å². The van der Waals surface area contributed by atoms with Crippen LogP contribution in [0.25, 0.3) is 5.57 Å². The summed E-state index contributed by atoms with van der Waals surface area (Å²) in [4.78, 5) is 0. The monoisotopic (exact) mass is 204 g/mol. The van der Waals surface area contributed by atoms with E-state index in [-0.39, 0.29) is 6.10 Å². The second-order valence-corrected chi connectivity index (χ2v) is 3.99. The van der Waals surface area contributed by atoms with Gasteiger partial charge in [-0.1, -0.05) is 25.1 Å². The fraction of sp³-hybridized carbons (Fsp3) is 0.429. The Balaban J connectivity index is 2.76. The Hall–Kier alpha value is -1.24. The van der Waals surface area contributed by atoms with Crippen molar-refractivity contribution in [3.8, 4) is 5.75 Å². The molecular formula is C14H20O. The minimum absolute atomic E-state index is 0.239. The molecule has 0 aromatic heterocycles. The van der Waals surface area contributed by atoms with Crippen LogP contribution in [0.2, 0.25) is 0 Å². The van der Waals surface area contributed by atoms with E-state index in [4.69, 9.17) is 4.74 Å². The van der Waals surface area contributed by atoms with E-state index in [9.17, 15) is 0 Å². The quantitative estimate of drug-likeness (QED) is 0.711. The number of hydrogen-bond acceptors (Lipinski definition) is 1. The van der Waals surface area contributed by atoms with Gasteiger partial charge in [0.2, 0.25) is 0 Å². The van der Waals surface area contributed by atoms with Crippen LogP contribution in [0.4, 0.5) is 0 Å². The predicted molar refractivity (Wildman–Crippen MR) is 66.1 cm³/mol. The van der Waals surface area contributed by atoms with Crippen molar-refractivity contribution >= 4 is 5.57 Å². The first-order chi connectivity index (χ1) is 7.13. The third-order valence-corrected chi connectivity index (χ3v) is 2.19. The van der Waals surface area contributed by atoms with Crippen molar-refractivity contribution in [2.45, 2.75) is 40.2 Å². The van der Waals surface area contributed by atoms with Gasteiger partial charge in [0.25, 0.3) is 0 Å². The Kier molecular flexibility index (Phi) is 4.41. The number of allylic oxidation sites excluding steroid dienone is 2. The summed E-state index contributed by atoms with van der Waals surface area (Å²) in [6, 6.07) is 8.28. The van der Waals surface area contributed by atoms with E-state index in [2.05, 4.69) is 32.1 Å². The van der Waals surface area contributed by atoms with Gasteiger partial charge in [-0.05, 0) is 50.5 Å². The van der Waals surface area contributed by atoms with Crippen molar-refractivity contribution in [1.82, 2.24) is 0 Å². The SMILES string of the molecule is CCC=C(C)c1ccc(OC(C)C)cc1. The minimum Gasteiger partial charge on any atom is -0.491 e. The van der Waals surface area contributed by atoms with E-state index in [0.717, 1.165) is 12.2 Å². The summed E-state index contributed by atoms with van der Waals surface area (Å²) < 4.78 is 5.59. The molecule has 0 amide bonds. The highest BCUT2D eigenvalue weighted by Crippen LogP contribution is 2.19. The van der Waals surface area contributed by atoms with Crippen molar-refractivity contribution in [1.29, 1.82) is 0 Å². The lowest BCUT2D eigenvalue weighted by molar-refractivity contribution is 0.242. The Bertz CT molecular complexity index is 320. The first-order valence-electron chi connectivity index (χ1n) is 5.57. The Morgan fingerprint density at radius 3 is 2.33 bits per heavy atom. The van der Waals surface area contributed by atoms with Gasteiger partial charge in [0, 0.05) is 0 Å². The van der Waals surface area contributed by atoms with Crippen molar-refractivity contribution < 1.29 is 4.74 Å². The molecule has 0 aliphatic carbocycles. The molecule has 1 aromatic carbocycles. The van der Waals surface area contributed by atoms with Gasteiger partial charge in [-0.25, -0.2) is 0 Å². The zero-order chi connectivity index (χ0) is 11.3. The van der Waals surface area contributed by atoms with Gasteiger partial charge in [-0.15, -0.1) is 0 Å². The summed E-state index contributed by atoms with van der Waals surface area (Å²) in [7, 11) is 0. The van der Waals surface area contributed by atoms with Crippen LogP contribution in [0.3, 0.4) is 0 Å². The Morgan fingerprint density at radius 1 is 1.27 bits per heavy atom. The third-order valence-electron chi connectivity index (χ3n) is 2.19. The maximum Gasteiger partial charge on any atom is 0.119 e. The van der Waals surface area contributed by atoms with Crippen LogP contribution >= 0.6 is 0 Å². The summed E-state index contributed by atoms with van der Waals surface area (Å²) in [5.41, 5.74) is 2.60. The van der Waals surface area contributed by atoms with Gasteiger partial charge in [0.1, 0.15) is 5.75 Å². The van der Waals surface area contributed by atoms with E-state index >= 15 is 0 Å². The standard InChI is InChI=1S/C14H20O/c1-5-6-12(4)13-7-9-14(10-8-13)15-11(2)3/h6-11H,5H2,1-4H3. The molecule has 0 spiro atoms. The molecule has 1 aromatic rings. The number of ether oxygens (including phenoxy) is 1. The van der Waals surface area contributed by atoms with Crippen molar-refractivity contribution in [2.75, 3.05) is 0 Å². The highest BCUT2D eigenvalue weighted by molar-refractivity contribution is 5.64. The second kappa shape index (κ2) is 5.59. The molecule has 0 aliphatic heterocycles. The van der Waals surface area contributed by atoms with Crippen molar-refractivity contribution in [3.63, 3.8) is 0 Å². The Labute approximate surface area is 92.8 Å². The average Bonchev–Trinajstić information content (AvgIpc) is 2.18. The van der Waals surface area contributed by atoms with Gasteiger partial charge < -0.3 is 4.74 Å². The third kappa shape index (κ3) is 3.78. The fourth-order valence-electron chi connectivity index (χ4n) is 1.49. The summed E-state index contributed by atoms with van der Waals surface area (Å²) >= 11 is 0. The van der Waals surface area contributed by atoms with Crippen LogP contribution in [-0.4, -0.2) is 6.10 Å². The Morgan fingerprint density at radius 2 is 1.87 bits per heavy atom. The van der Waals surface area contributed by atoms with Crippen LogP contribution in [-0.2, 0) is 0 Å². The molecule has 0 N–H and O–H groups in total. The van der Waals surface area contributed by atoms with E-state index in [1.807, 2.05) is 26.0 Å². The highest BCUT2D eigenvalue weighted by Gasteiger charge is 1.98. The number of hydrogen-bond donors (Lipinski definition) is 0. The lowest BCUT2D eigenvalue weighted by Crippen LogP contribution is -2.05. The molecule has 1 heteroatoms. The van der Waals surface area contributed by atoms with Crippen LogP contribution in [0, 0.1) is 0 Å². The molecule has 15 heavy (non-hydrogen) atoms. The molecule has 0 heterocycles. The van der Waals surface area contributed by atoms with Crippen LogP contribution in [0.1, 0.15) is 39.7 Å². The highest BCUT2D eigenvalue weighted by atomic mass is 16.5. The maximum absolute atomic E-state index is 5.59. The largest absolute Gasteiger partial charge is 0.491 e. The van der Waals surface area contributed by atoms with Crippen molar-refractivity contribution in [2.24, 2.45) is 0 Å². The van der Waals surface area contributed by atoms with E-state index in [0.29, 0.717) is 0 Å². The molecule has 0 fully saturated rings. The molecule has 1 nitrogen and oxygen atoms in total. The summed E-state index contributed by atoms with van der Waals surface area (Å²) in [6.07, 6.45) is 3.55. The first-order valence-corrected chi connectivity index (χ1v) is 5.57. The molecule has 0 radical (unpaired) electrons. The molecule has 0 bridgehead atoms.